The van der Waals surface area contributed by atoms with E-state index in [0.717, 1.165) is 19.4 Å². The molecule has 0 amide bonds. The Balaban J connectivity index is 2.23. The Hall–Kier alpha value is 0.130. The molecular formula is C13H15BrIN. The van der Waals surface area contributed by atoms with Crippen LogP contribution >= 0.6 is 38.5 Å². The molecule has 0 spiro atoms. The topological polar surface area (TPSA) is 3.24 Å². The van der Waals surface area contributed by atoms with Gasteiger partial charge in [-0.2, -0.15) is 0 Å². The van der Waals surface area contributed by atoms with Crippen LogP contribution in [0, 0.1) is 0 Å². The van der Waals surface area contributed by atoms with Crippen molar-refractivity contribution in [3.05, 3.63) is 37.4 Å². The van der Waals surface area contributed by atoms with Crippen LogP contribution in [0.25, 0.3) is 5.57 Å². The third-order valence-corrected chi connectivity index (χ3v) is 4.40. The Morgan fingerprint density at radius 1 is 1.38 bits per heavy atom. The zero-order valence-corrected chi connectivity index (χ0v) is 13.3. The Morgan fingerprint density at radius 2 is 2.12 bits per heavy atom. The van der Waals surface area contributed by atoms with Crippen LogP contribution in [0.2, 0.25) is 0 Å². The molecule has 2 rings (SSSR count). The van der Waals surface area contributed by atoms with Crippen molar-refractivity contribution in [3.63, 3.8) is 0 Å². The lowest BCUT2D eigenvalue weighted by Gasteiger charge is -2.11. The molecule has 0 N–H and O–H groups in total. The first-order valence-electron chi connectivity index (χ1n) is 5.39. The second-order valence-electron chi connectivity index (χ2n) is 4.41. The van der Waals surface area contributed by atoms with Crippen molar-refractivity contribution >= 4 is 44.1 Å². The molecule has 0 bridgehead atoms. The van der Waals surface area contributed by atoms with Gasteiger partial charge < -0.3 is 4.90 Å². The molecule has 0 atom stereocenters. The summed E-state index contributed by atoms with van der Waals surface area (Å²) in [5, 5.41) is 0. The van der Waals surface area contributed by atoms with Crippen LogP contribution in [-0.4, -0.2) is 25.5 Å². The molecule has 1 aromatic carbocycles. The van der Waals surface area contributed by atoms with E-state index < -0.39 is 0 Å². The van der Waals surface area contributed by atoms with E-state index in [1.165, 1.54) is 24.8 Å². The molecule has 0 radical (unpaired) electrons. The van der Waals surface area contributed by atoms with E-state index in [1.54, 1.807) is 0 Å². The molecule has 0 aromatic heterocycles. The normalized spacial score (nSPS) is 14.8. The van der Waals surface area contributed by atoms with Gasteiger partial charge in [-0.15, -0.1) is 0 Å². The summed E-state index contributed by atoms with van der Waals surface area (Å²) >= 11 is 6.03. The monoisotopic (exact) mass is 391 g/mol. The maximum absolute atomic E-state index is 3.54. The Labute approximate surface area is 119 Å². The minimum atomic E-state index is 1.11. The van der Waals surface area contributed by atoms with Crippen molar-refractivity contribution in [2.24, 2.45) is 0 Å². The average molecular weight is 392 g/mol. The third-order valence-electron chi connectivity index (χ3n) is 2.87. The maximum Gasteiger partial charge on any atom is 0.0178 e. The van der Waals surface area contributed by atoms with Gasteiger partial charge in [0.05, 0.1) is 0 Å². The van der Waals surface area contributed by atoms with Gasteiger partial charge in [0.2, 0.25) is 0 Å². The summed E-state index contributed by atoms with van der Waals surface area (Å²) in [6, 6.07) is 6.64. The van der Waals surface area contributed by atoms with Crippen molar-refractivity contribution in [1.82, 2.24) is 4.90 Å². The van der Waals surface area contributed by atoms with Gasteiger partial charge in [-0.25, -0.2) is 0 Å². The second-order valence-corrected chi connectivity index (χ2v) is 6.63. The highest BCUT2D eigenvalue weighted by atomic mass is 127. The third kappa shape index (κ3) is 2.68. The Kier molecular flexibility index (Phi) is 4.08. The highest BCUT2D eigenvalue weighted by Crippen LogP contribution is 2.39. The van der Waals surface area contributed by atoms with Gasteiger partial charge in [0.25, 0.3) is 0 Å². The quantitative estimate of drug-likeness (QED) is 0.701. The Morgan fingerprint density at radius 3 is 2.81 bits per heavy atom. The van der Waals surface area contributed by atoms with Crippen LogP contribution in [0.3, 0.4) is 0 Å². The summed E-state index contributed by atoms with van der Waals surface area (Å²) in [6.07, 6.45) is 2.26. The smallest absolute Gasteiger partial charge is 0.0178 e. The maximum atomic E-state index is 3.54. The van der Waals surface area contributed by atoms with Gasteiger partial charge >= 0.3 is 0 Å². The molecule has 1 aromatic rings. The number of hydrogen-bond donors (Lipinski definition) is 0. The molecule has 0 fully saturated rings. The summed E-state index contributed by atoms with van der Waals surface area (Å²) in [7, 11) is 4.26. The summed E-state index contributed by atoms with van der Waals surface area (Å²) < 4.78 is 2.69. The van der Waals surface area contributed by atoms with E-state index in [9.17, 15) is 0 Å². The number of halogens is 2. The zero-order valence-electron chi connectivity index (χ0n) is 9.56. The van der Waals surface area contributed by atoms with Gasteiger partial charge in [-0.3, -0.25) is 0 Å². The van der Waals surface area contributed by atoms with Gasteiger partial charge in [0.15, 0.2) is 0 Å². The zero-order chi connectivity index (χ0) is 11.7. The molecule has 0 saturated carbocycles. The lowest BCUT2D eigenvalue weighted by molar-refractivity contribution is 0.419. The fourth-order valence-corrected chi connectivity index (χ4v) is 3.41. The minimum absolute atomic E-state index is 1.11. The van der Waals surface area contributed by atoms with Gasteiger partial charge in [0.1, 0.15) is 0 Å². The average Bonchev–Trinajstić information content (AvgIpc) is 2.50. The molecule has 0 heterocycles. The first kappa shape index (κ1) is 12.6. The fourth-order valence-electron chi connectivity index (χ4n) is 2.03. The van der Waals surface area contributed by atoms with Gasteiger partial charge in [0, 0.05) is 17.4 Å². The summed E-state index contributed by atoms with van der Waals surface area (Å²) in [4.78, 5) is 2.24. The minimum Gasteiger partial charge on any atom is -0.309 e. The van der Waals surface area contributed by atoms with Crippen LogP contribution in [0.4, 0.5) is 0 Å². The van der Waals surface area contributed by atoms with Crippen molar-refractivity contribution in [2.45, 2.75) is 12.8 Å². The van der Waals surface area contributed by atoms with Gasteiger partial charge in [-0.05, 0) is 75.5 Å². The molecule has 0 aliphatic heterocycles. The molecular weight excluding hydrogens is 377 g/mol. The molecule has 0 unspecified atom stereocenters. The van der Waals surface area contributed by atoms with E-state index in [2.05, 4.69) is 75.7 Å². The largest absolute Gasteiger partial charge is 0.309 e. The van der Waals surface area contributed by atoms with Crippen LogP contribution in [0.5, 0.6) is 0 Å². The van der Waals surface area contributed by atoms with Crippen molar-refractivity contribution < 1.29 is 0 Å². The standard InChI is InChI=1S/C13H15BrIN/c1-16(2)6-5-12-11-4-3-10(14)7-9(11)8-13(12)15/h3-4,7H,5-6,8H2,1-2H3. The van der Waals surface area contributed by atoms with Crippen molar-refractivity contribution in [3.8, 4) is 0 Å². The summed E-state index contributed by atoms with van der Waals surface area (Å²) in [6.45, 7) is 1.12. The molecule has 0 saturated heterocycles. The fraction of sp³-hybridized carbons (Fsp3) is 0.385. The molecule has 16 heavy (non-hydrogen) atoms. The molecule has 1 nitrogen and oxygen atoms in total. The van der Waals surface area contributed by atoms with E-state index in [4.69, 9.17) is 0 Å². The number of nitrogens with zero attached hydrogens (tertiary/aromatic N) is 1. The predicted molar refractivity (Wildman–Crippen MR) is 82.0 cm³/mol. The number of fused-ring (bicyclic) bond motifs is 1. The second kappa shape index (κ2) is 5.19. The number of benzene rings is 1. The molecule has 86 valence electrons. The van der Waals surface area contributed by atoms with Crippen LogP contribution in [0.1, 0.15) is 17.5 Å². The van der Waals surface area contributed by atoms with E-state index in [-0.39, 0.29) is 0 Å². The van der Waals surface area contributed by atoms with Crippen LogP contribution in [0.15, 0.2) is 26.3 Å². The van der Waals surface area contributed by atoms with E-state index in [1.807, 2.05) is 0 Å². The lowest BCUT2D eigenvalue weighted by Crippen LogP contribution is -2.13. The van der Waals surface area contributed by atoms with E-state index >= 15 is 0 Å². The summed E-state index contributed by atoms with van der Waals surface area (Å²) in [5.74, 6) is 0. The first-order chi connectivity index (χ1) is 7.58. The van der Waals surface area contributed by atoms with Crippen molar-refractivity contribution in [2.75, 3.05) is 20.6 Å². The van der Waals surface area contributed by atoms with Crippen molar-refractivity contribution in [1.29, 1.82) is 0 Å². The Bertz CT molecular complexity index is 438. The van der Waals surface area contributed by atoms with Crippen LogP contribution in [-0.2, 0) is 6.42 Å². The highest BCUT2D eigenvalue weighted by molar-refractivity contribution is 14.1. The molecule has 1 aliphatic rings. The van der Waals surface area contributed by atoms with Crippen LogP contribution < -0.4 is 0 Å². The highest BCUT2D eigenvalue weighted by Gasteiger charge is 2.19. The first-order valence-corrected chi connectivity index (χ1v) is 7.26. The number of allylic oxidation sites excluding steroid dienone is 1. The predicted octanol–water partition coefficient (Wildman–Crippen LogP) is 4.10. The van der Waals surface area contributed by atoms with Gasteiger partial charge in [-0.1, -0.05) is 22.0 Å². The number of hydrogen-bond acceptors (Lipinski definition) is 1. The SMILES string of the molecule is CN(C)CCC1=C(I)Cc2cc(Br)ccc21. The number of rotatable bonds is 3. The molecule has 1 aliphatic carbocycles. The summed E-state index contributed by atoms with van der Waals surface area (Å²) in [5.41, 5.74) is 4.46. The lowest BCUT2D eigenvalue weighted by atomic mass is 10.0. The molecule has 3 heteroatoms. The van der Waals surface area contributed by atoms with E-state index in [0.29, 0.717) is 0 Å².